The third kappa shape index (κ3) is 11.6. The molecular weight excluding hydrogens is 556 g/mol. The molecule has 1 aromatic rings. The summed E-state index contributed by atoms with van der Waals surface area (Å²) in [6.07, 6.45) is 17.5. The van der Waals surface area contributed by atoms with E-state index in [-0.39, 0.29) is 13.2 Å². The van der Waals surface area contributed by atoms with Crippen LogP contribution in [0, 0.1) is 0 Å². The van der Waals surface area contributed by atoms with Crippen molar-refractivity contribution in [3.8, 4) is 5.75 Å². The Bertz CT molecular complexity index is 1080. The van der Waals surface area contributed by atoms with Gasteiger partial charge >= 0.3 is 11.9 Å². The maximum atomic E-state index is 13.6. The first-order valence-corrected chi connectivity index (χ1v) is 16.8. The molecule has 1 aliphatic rings. The summed E-state index contributed by atoms with van der Waals surface area (Å²) in [6, 6.07) is 5.91. The van der Waals surface area contributed by atoms with Crippen LogP contribution < -0.4 is 15.8 Å². The summed E-state index contributed by atoms with van der Waals surface area (Å²) in [5.74, 6) is -1.15. The second kappa shape index (κ2) is 21.8. The van der Waals surface area contributed by atoms with E-state index in [9.17, 15) is 9.59 Å². The lowest BCUT2D eigenvalue weighted by molar-refractivity contribution is -0.139. The summed E-state index contributed by atoms with van der Waals surface area (Å²) in [4.78, 5) is 26.8. The number of benzene rings is 1. The molecule has 1 aromatic carbocycles. The molecule has 0 saturated carbocycles. The number of rotatable bonds is 23. The third-order valence-electron chi connectivity index (χ3n) is 8.27. The summed E-state index contributed by atoms with van der Waals surface area (Å²) < 4.78 is 22.4. The molecule has 1 unspecified atom stereocenters. The Balaban J connectivity index is 2.23. The number of hydrogen-bond acceptors (Lipinski definition) is 8. The quantitative estimate of drug-likeness (QED) is 0.0980. The van der Waals surface area contributed by atoms with Crippen LogP contribution in [0.15, 0.2) is 40.7 Å². The molecule has 0 fully saturated rings. The largest absolute Gasteiger partial charge is 0.496 e. The Kier molecular flexibility index (Phi) is 18.5. The molecule has 0 amide bonds. The molecule has 248 valence electrons. The molecule has 1 atom stereocenters. The smallest absolute Gasteiger partial charge is 0.336 e. The molecule has 8 heteroatoms. The van der Waals surface area contributed by atoms with Gasteiger partial charge < -0.3 is 30.0 Å². The molecule has 3 N–H and O–H groups in total. The number of ether oxygens (including phenoxy) is 4. The standard InChI is InChI=1S/C36H58N2O6/c1-6-8-9-10-11-12-13-14-15-16-17-18-19-21-28-22-20-23-30(41-4)32(28)34-31(35(39)42-5)27(3)38-29(26-43-25-24-37)33(34)36(40)44-7-2/h20,22-23,34,38H,6-19,21,24-26,37H2,1-5H3. The van der Waals surface area contributed by atoms with Gasteiger partial charge in [-0.25, -0.2) is 9.59 Å². The lowest BCUT2D eigenvalue weighted by Crippen LogP contribution is -2.35. The van der Waals surface area contributed by atoms with Crippen LogP contribution >= 0.6 is 0 Å². The zero-order chi connectivity index (χ0) is 32.2. The zero-order valence-corrected chi connectivity index (χ0v) is 28.1. The Morgan fingerprint density at radius 2 is 1.45 bits per heavy atom. The second-order valence-electron chi connectivity index (χ2n) is 11.6. The molecule has 0 saturated heterocycles. The van der Waals surface area contributed by atoms with E-state index in [0.29, 0.717) is 41.4 Å². The summed E-state index contributed by atoms with van der Waals surface area (Å²) in [5.41, 5.74) is 9.30. The number of allylic oxidation sites excluding steroid dienone is 1. The van der Waals surface area contributed by atoms with Gasteiger partial charge in [0.1, 0.15) is 5.75 Å². The van der Waals surface area contributed by atoms with Gasteiger partial charge in [0.2, 0.25) is 0 Å². The Morgan fingerprint density at radius 1 is 0.841 bits per heavy atom. The van der Waals surface area contributed by atoms with E-state index in [4.69, 9.17) is 24.7 Å². The number of nitrogens with two attached hydrogens (primary N) is 1. The molecular formula is C36H58N2O6. The van der Waals surface area contributed by atoms with Crippen LogP contribution in [0.4, 0.5) is 0 Å². The van der Waals surface area contributed by atoms with Crippen LogP contribution in [-0.4, -0.2) is 52.5 Å². The Hall–Kier alpha value is -2.84. The molecule has 44 heavy (non-hydrogen) atoms. The minimum absolute atomic E-state index is 0.122. The molecule has 0 radical (unpaired) electrons. The van der Waals surface area contributed by atoms with Gasteiger partial charge in [-0.15, -0.1) is 0 Å². The number of dihydropyridines is 1. The highest BCUT2D eigenvalue weighted by Gasteiger charge is 2.41. The fraction of sp³-hybridized carbons (Fsp3) is 0.667. The molecule has 0 aromatic heterocycles. The fourth-order valence-corrected chi connectivity index (χ4v) is 6.03. The van der Waals surface area contributed by atoms with Gasteiger partial charge in [-0.05, 0) is 38.3 Å². The van der Waals surface area contributed by atoms with Crippen LogP contribution in [0.5, 0.6) is 5.75 Å². The molecule has 0 bridgehead atoms. The lowest BCUT2D eigenvalue weighted by atomic mass is 9.77. The summed E-state index contributed by atoms with van der Waals surface area (Å²) in [7, 11) is 2.96. The van der Waals surface area contributed by atoms with Gasteiger partial charge in [0.15, 0.2) is 0 Å². The molecule has 0 spiro atoms. The first kappa shape index (κ1) is 37.3. The predicted molar refractivity (Wildman–Crippen MR) is 177 cm³/mol. The van der Waals surface area contributed by atoms with E-state index >= 15 is 0 Å². The minimum Gasteiger partial charge on any atom is -0.496 e. The van der Waals surface area contributed by atoms with Gasteiger partial charge in [0.25, 0.3) is 0 Å². The zero-order valence-electron chi connectivity index (χ0n) is 28.1. The first-order chi connectivity index (χ1) is 21.4. The molecule has 1 aliphatic heterocycles. The lowest BCUT2D eigenvalue weighted by Gasteiger charge is -2.33. The van der Waals surface area contributed by atoms with E-state index in [1.807, 2.05) is 19.1 Å². The highest BCUT2D eigenvalue weighted by atomic mass is 16.5. The van der Waals surface area contributed by atoms with Crippen molar-refractivity contribution >= 4 is 11.9 Å². The van der Waals surface area contributed by atoms with E-state index < -0.39 is 17.9 Å². The number of methoxy groups -OCH3 is 2. The van der Waals surface area contributed by atoms with Gasteiger partial charge in [-0.2, -0.15) is 0 Å². The fourth-order valence-electron chi connectivity index (χ4n) is 6.03. The Labute approximate surface area is 266 Å². The first-order valence-electron chi connectivity index (χ1n) is 16.8. The summed E-state index contributed by atoms with van der Waals surface area (Å²) >= 11 is 0. The van der Waals surface area contributed by atoms with Crippen molar-refractivity contribution in [3.05, 3.63) is 51.9 Å². The van der Waals surface area contributed by atoms with E-state index in [0.717, 1.165) is 30.4 Å². The second-order valence-corrected chi connectivity index (χ2v) is 11.6. The number of unbranched alkanes of at least 4 members (excludes halogenated alkanes) is 12. The number of aryl methyl sites for hydroxylation is 1. The van der Waals surface area contributed by atoms with E-state index in [1.165, 1.54) is 77.7 Å². The predicted octanol–water partition coefficient (Wildman–Crippen LogP) is 7.26. The topological polar surface area (TPSA) is 109 Å². The number of carbonyl (C=O) groups excluding carboxylic acids is 2. The normalized spacial score (nSPS) is 14.9. The van der Waals surface area contributed by atoms with Crippen molar-refractivity contribution in [3.63, 3.8) is 0 Å². The highest BCUT2D eigenvalue weighted by molar-refractivity contribution is 6.00. The third-order valence-corrected chi connectivity index (χ3v) is 8.27. The van der Waals surface area contributed by atoms with Gasteiger partial charge in [0.05, 0.1) is 56.8 Å². The molecule has 8 nitrogen and oxygen atoms in total. The number of hydrogen-bond donors (Lipinski definition) is 2. The van der Waals surface area contributed by atoms with Crippen molar-refractivity contribution in [2.45, 2.75) is 117 Å². The van der Waals surface area contributed by atoms with Crippen LogP contribution in [0.1, 0.15) is 121 Å². The van der Waals surface area contributed by atoms with Crippen LogP contribution in [0.25, 0.3) is 0 Å². The highest BCUT2D eigenvalue weighted by Crippen LogP contribution is 2.45. The summed E-state index contributed by atoms with van der Waals surface area (Å²) in [6.45, 7) is 6.84. The van der Waals surface area contributed by atoms with Gasteiger partial charge in [-0.3, -0.25) is 0 Å². The van der Waals surface area contributed by atoms with Crippen LogP contribution in [0.3, 0.4) is 0 Å². The van der Waals surface area contributed by atoms with Crippen molar-refractivity contribution in [2.24, 2.45) is 5.73 Å². The van der Waals surface area contributed by atoms with Gasteiger partial charge in [-0.1, -0.05) is 96.1 Å². The maximum absolute atomic E-state index is 13.6. The number of esters is 2. The maximum Gasteiger partial charge on any atom is 0.336 e. The van der Waals surface area contributed by atoms with Gasteiger partial charge in [0, 0.05) is 17.8 Å². The average molecular weight is 615 g/mol. The SMILES string of the molecule is CCCCCCCCCCCCCCCc1cccc(OC)c1C1C(C(=O)OC)=C(C)NC(COCCN)=C1C(=O)OCC. The minimum atomic E-state index is -0.743. The van der Waals surface area contributed by atoms with Crippen molar-refractivity contribution in [1.29, 1.82) is 0 Å². The van der Waals surface area contributed by atoms with Crippen molar-refractivity contribution in [2.75, 3.05) is 40.6 Å². The average Bonchev–Trinajstić information content (AvgIpc) is 3.02. The van der Waals surface area contributed by atoms with Crippen LogP contribution in [-0.2, 0) is 30.2 Å². The molecule has 0 aliphatic carbocycles. The monoisotopic (exact) mass is 614 g/mol. The van der Waals surface area contributed by atoms with Crippen molar-refractivity contribution in [1.82, 2.24) is 5.32 Å². The van der Waals surface area contributed by atoms with Crippen LogP contribution in [0.2, 0.25) is 0 Å². The summed E-state index contributed by atoms with van der Waals surface area (Å²) in [5, 5.41) is 3.23. The number of nitrogens with one attached hydrogen (secondary N) is 1. The van der Waals surface area contributed by atoms with Crippen molar-refractivity contribution < 1.29 is 28.5 Å². The number of carbonyl (C=O) groups is 2. The molecule has 1 heterocycles. The van der Waals surface area contributed by atoms with E-state index in [1.54, 1.807) is 14.0 Å². The van der Waals surface area contributed by atoms with E-state index in [2.05, 4.69) is 18.3 Å². The molecule has 2 rings (SSSR count). The Morgan fingerprint density at radius 3 is 2.00 bits per heavy atom.